The van der Waals surface area contributed by atoms with Crippen molar-refractivity contribution in [1.82, 2.24) is 9.97 Å². The number of phenolic OH excluding ortho intramolecular Hbond substituents is 1. The molecule has 5 heteroatoms. The molecule has 0 bridgehead atoms. The summed E-state index contributed by atoms with van der Waals surface area (Å²) in [7, 11) is 1.61. The van der Waals surface area contributed by atoms with Crippen LogP contribution in [-0.4, -0.2) is 22.1 Å². The summed E-state index contributed by atoms with van der Waals surface area (Å²) in [5, 5.41) is 12.5. The molecule has 1 aromatic carbocycles. The second-order valence-electron chi connectivity index (χ2n) is 4.50. The smallest absolute Gasteiger partial charge is 0.186 e. The van der Waals surface area contributed by atoms with Gasteiger partial charge in [0.15, 0.2) is 17.5 Å². The maximum absolute atomic E-state index is 13.7. The highest BCUT2D eigenvalue weighted by Crippen LogP contribution is 2.28. The predicted octanol–water partition coefficient (Wildman–Crippen LogP) is 2.96. The van der Waals surface area contributed by atoms with E-state index in [1.165, 1.54) is 0 Å². The van der Waals surface area contributed by atoms with Crippen LogP contribution in [0.1, 0.15) is 16.8 Å². The molecule has 2 N–H and O–H groups in total. The van der Waals surface area contributed by atoms with Gasteiger partial charge in [-0.3, -0.25) is 0 Å². The molecular formula is C14H16FN3O. The van der Waals surface area contributed by atoms with Crippen LogP contribution < -0.4 is 5.32 Å². The first-order chi connectivity index (χ1) is 8.93. The average Bonchev–Trinajstić information content (AvgIpc) is 2.38. The van der Waals surface area contributed by atoms with E-state index in [1.54, 1.807) is 40.0 Å². The monoisotopic (exact) mass is 261 g/mol. The van der Waals surface area contributed by atoms with E-state index in [2.05, 4.69) is 15.3 Å². The summed E-state index contributed by atoms with van der Waals surface area (Å²) in [6.07, 6.45) is 0. The average molecular weight is 261 g/mol. The largest absolute Gasteiger partial charge is 0.507 e. The van der Waals surface area contributed by atoms with E-state index in [9.17, 15) is 9.50 Å². The molecule has 0 atom stereocenters. The Morgan fingerprint density at radius 1 is 1.11 bits per heavy atom. The van der Waals surface area contributed by atoms with Crippen molar-refractivity contribution in [2.24, 2.45) is 0 Å². The first kappa shape index (κ1) is 13.3. The van der Waals surface area contributed by atoms with E-state index in [1.807, 2.05) is 0 Å². The van der Waals surface area contributed by atoms with Gasteiger partial charge in [0, 0.05) is 12.6 Å². The minimum absolute atomic E-state index is 0.172. The Labute approximate surface area is 111 Å². The van der Waals surface area contributed by atoms with Gasteiger partial charge in [0.05, 0.1) is 5.69 Å². The zero-order valence-corrected chi connectivity index (χ0v) is 11.4. The van der Waals surface area contributed by atoms with E-state index in [0.717, 1.165) is 16.7 Å². The molecular weight excluding hydrogens is 245 g/mol. The van der Waals surface area contributed by atoms with Crippen molar-refractivity contribution in [3.8, 4) is 17.1 Å². The quantitative estimate of drug-likeness (QED) is 0.872. The molecule has 1 aromatic heterocycles. The molecule has 0 radical (unpaired) electrons. The number of nitrogens with one attached hydrogen (secondary N) is 1. The van der Waals surface area contributed by atoms with Gasteiger partial charge in [0.2, 0.25) is 0 Å². The van der Waals surface area contributed by atoms with Crippen molar-refractivity contribution in [3.63, 3.8) is 0 Å². The first-order valence-electron chi connectivity index (χ1n) is 5.96. The molecule has 0 fully saturated rings. The van der Waals surface area contributed by atoms with Crippen molar-refractivity contribution < 1.29 is 9.50 Å². The number of nitrogens with zero attached hydrogens (tertiary/aromatic N) is 2. The highest BCUT2D eigenvalue weighted by atomic mass is 19.1. The molecule has 0 spiro atoms. The maximum Gasteiger partial charge on any atom is 0.186 e. The minimum Gasteiger partial charge on any atom is -0.507 e. The SMILES string of the molecule is CNc1nc(-c2cc(C)c(O)c(C)c2)nc(C)c1F. The van der Waals surface area contributed by atoms with Gasteiger partial charge in [0.25, 0.3) is 0 Å². The second kappa shape index (κ2) is 4.84. The summed E-state index contributed by atoms with van der Waals surface area (Å²) in [5.74, 6) is 0.426. The van der Waals surface area contributed by atoms with Crippen LogP contribution in [0.3, 0.4) is 0 Å². The molecule has 0 unspecified atom stereocenters. The van der Waals surface area contributed by atoms with Crippen molar-refractivity contribution in [2.75, 3.05) is 12.4 Å². The molecule has 0 amide bonds. The lowest BCUT2D eigenvalue weighted by Crippen LogP contribution is -2.03. The lowest BCUT2D eigenvalue weighted by atomic mass is 10.1. The van der Waals surface area contributed by atoms with Gasteiger partial charge in [0.1, 0.15) is 5.75 Å². The minimum atomic E-state index is -0.446. The molecule has 19 heavy (non-hydrogen) atoms. The van der Waals surface area contributed by atoms with Gasteiger partial charge in [-0.1, -0.05) is 0 Å². The molecule has 100 valence electrons. The molecule has 2 rings (SSSR count). The second-order valence-corrected chi connectivity index (χ2v) is 4.50. The van der Waals surface area contributed by atoms with E-state index in [4.69, 9.17) is 0 Å². The predicted molar refractivity (Wildman–Crippen MR) is 72.8 cm³/mol. The van der Waals surface area contributed by atoms with Gasteiger partial charge in [-0.15, -0.1) is 0 Å². The molecule has 0 aliphatic rings. The maximum atomic E-state index is 13.7. The third-order valence-corrected chi connectivity index (χ3v) is 3.00. The van der Waals surface area contributed by atoms with Gasteiger partial charge in [-0.25, -0.2) is 14.4 Å². The summed E-state index contributed by atoms with van der Waals surface area (Å²) < 4.78 is 13.7. The number of halogens is 1. The zero-order valence-electron chi connectivity index (χ0n) is 11.4. The van der Waals surface area contributed by atoms with Crippen molar-refractivity contribution >= 4 is 5.82 Å². The molecule has 2 aromatic rings. The van der Waals surface area contributed by atoms with Gasteiger partial charge >= 0.3 is 0 Å². The van der Waals surface area contributed by atoms with Crippen LogP contribution >= 0.6 is 0 Å². The summed E-state index contributed by atoms with van der Waals surface area (Å²) in [5.41, 5.74) is 2.53. The number of aromatic nitrogens is 2. The third kappa shape index (κ3) is 2.36. The Kier molecular flexibility index (Phi) is 3.38. The fourth-order valence-corrected chi connectivity index (χ4v) is 1.94. The van der Waals surface area contributed by atoms with Gasteiger partial charge in [-0.05, 0) is 44.0 Å². The molecule has 1 heterocycles. The lowest BCUT2D eigenvalue weighted by molar-refractivity contribution is 0.467. The Morgan fingerprint density at radius 3 is 2.21 bits per heavy atom. The summed E-state index contributed by atoms with van der Waals surface area (Å²) in [4.78, 5) is 8.31. The van der Waals surface area contributed by atoms with Crippen LogP contribution in [0.2, 0.25) is 0 Å². The molecule has 4 nitrogen and oxygen atoms in total. The Bertz CT molecular complexity index is 618. The van der Waals surface area contributed by atoms with Crippen LogP contribution in [0.25, 0.3) is 11.4 Å². The molecule has 0 aliphatic carbocycles. The van der Waals surface area contributed by atoms with Crippen molar-refractivity contribution in [3.05, 3.63) is 34.8 Å². The number of aromatic hydroxyl groups is 1. The van der Waals surface area contributed by atoms with Crippen LogP contribution in [-0.2, 0) is 0 Å². The lowest BCUT2D eigenvalue weighted by Gasteiger charge is -2.10. The molecule has 0 saturated heterocycles. The van der Waals surface area contributed by atoms with Crippen molar-refractivity contribution in [1.29, 1.82) is 0 Å². The van der Waals surface area contributed by atoms with E-state index >= 15 is 0 Å². The van der Waals surface area contributed by atoms with Crippen molar-refractivity contribution in [2.45, 2.75) is 20.8 Å². The topological polar surface area (TPSA) is 58.0 Å². The van der Waals surface area contributed by atoms with Crippen LogP contribution in [0.15, 0.2) is 12.1 Å². The highest BCUT2D eigenvalue weighted by molar-refractivity contribution is 5.62. The van der Waals surface area contributed by atoms with Crippen LogP contribution in [0.5, 0.6) is 5.75 Å². The Morgan fingerprint density at radius 2 is 1.68 bits per heavy atom. The van der Waals surface area contributed by atoms with Gasteiger partial charge < -0.3 is 10.4 Å². The highest BCUT2D eigenvalue weighted by Gasteiger charge is 2.13. The van der Waals surface area contributed by atoms with Crippen LogP contribution in [0.4, 0.5) is 10.2 Å². The molecule has 0 aliphatic heterocycles. The number of benzene rings is 1. The summed E-state index contributed by atoms with van der Waals surface area (Å²) in [6, 6.07) is 3.57. The number of phenols is 1. The summed E-state index contributed by atoms with van der Waals surface area (Å²) >= 11 is 0. The fraction of sp³-hybridized carbons (Fsp3) is 0.286. The van der Waals surface area contributed by atoms with Gasteiger partial charge in [-0.2, -0.15) is 0 Å². The number of hydrogen-bond donors (Lipinski definition) is 2. The van der Waals surface area contributed by atoms with E-state index in [-0.39, 0.29) is 17.3 Å². The molecule has 0 saturated carbocycles. The number of anilines is 1. The fourth-order valence-electron chi connectivity index (χ4n) is 1.94. The Balaban J connectivity index is 2.62. The third-order valence-electron chi connectivity index (χ3n) is 3.00. The van der Waals surface area contributed by atoms with E-state index in [0.29, 0.717) is 5.82 Å². The standard InChI is InChI=1S/C14H16FN3O/c1-7-5-10(6-8(2)12(7)19)13-17-9(3)11(15)14(16-4)18-13/h5-6,19H,1-4H3,(H,16,17,18). The zero-order chi connectivity index (χ0) is 14.2. The number of rotatable bonds is 2. The first-order valence-corrected chi connectivity index (χ1v) is 5.96. The number of hydrogen-bond acceptors (Lipinski definition) is 4. The van der Waals surface area contributed by atoms with E-state index < -0.39 is 5.82 Å². The van der Waals surface area contributed by atoms with Crippen LogP contribution in [0, 0.1) is 26.6 Å². The summed E-state index contributed by atoms with van der Waals surface area (Å²) in [6.45, 7) is 5.21. The normalized spacial score (nSPS) is 10.6. The Hall–Kier alpha value is -2.17. The number of aryl methyl sites for hydroxylation is 3.